The van der Waals surface area contributed by atoms with Crippen LogP contribution >= 0.6 is 11.3 Å². The molecule has 4 rings (SSSR count). The molecule has 30 heavy (non-hydrogen) atoms. The molecule has 0 aliphatic heterocycles. The summed E-state index contributed by atoms with van der Waals surface area (Å²) < 4.78 is 24.0. The summed E-state index contributed by atoms with van der Waals surface area (Å²) in [5.41, 5.74) is 2.40. The third kappa shape index (κ3) is 3.99. The molecule has 3 N–H and O–H groups in total. The zero-order chi connectivity index (χ0) is 21.3. The molecule has 0 bridgehead atoms. The van der Waals surface area contributed by atoms with Gasteiger partial charge in [0.05, 0.1) is 22.0 Å². The maximum Gasteiger partial charge on any atom is 0.301 e. The zero-order valence-corrected chi connectivity index (χ0v) is 17.3. The van der Waals surface area contributed by atoms with Gasteiger partial charge < -0.3 is 0 Å². The second-order valence-corrected chi connectivity index (χ2v) is 8.74. The van der Waals surface area contributed by atoms with Crippen molar-refractivity contribution >= 4 is 32.7 Å². The molecular formula is C19H16N6O3S2. The summed E-state index contributed by atoms with van der Waals surface area (Å²) in [5.74, 6) is 0. The van der Waals surface area contributed by atoms with Crippen molar-refractivity contribution in [1.29, 1.82) is 0 Å². The van der Waals surface area contributed by atoms with Crippen LogP contribution in [0.3, 0.4) is 0 Å². The van der Waals surface area contributed by atoms with Crippen molar-refractivity contribution in [3.63, 3.8) is 0 Å². The highest BCUT2D eigenvalue weighted by atomic mass is 32.2. The maximum absolute atomic E-state index is 12.8. The molecule has 0 fully saturated rings. The van der Waals surface area contributed by atoms with Crippen LogP contribution in [0.25, 0.3) is 16.4 Å². The number of azo groups is 1. The minimum absolute atomic E-state index is 0.0281. The first-order chi connectivity index (χ1) is 14.3. The normalized spacial score (nSPS) is 11.9. The van der Waals surface area contributed by atoms with Crippen molar-refractivity contribution in [3.05, 3.63) is 76.0 Å². The van der Waals surface area contributed by atoms with Crippen LogP contribution in [0, 0.1) is 6.92 Å². The Bertz CT molecular complexity index is 1380. The van der Waals surface area contributed by atoms with E-state index in [2.05, 4.69) is 20.3 Å². The Morgan fingerprint density at radius 2 is 1.77 bits per heavy atom. The van der Waals surface area contributed by atoms with Crippen molar-refractivity contribution in [2.45, 2.75) is 11.8 Å². The topological polar surface area (TPSA) is 136 Å². The number of benzene rings is 2. The minimum atomic E-state index is -3.78. The fourth-order valence-electron chi connectivity index (χ4n) is 2.71. The molecule has 2 aromatic heterocycles. The monoisotopic (exact) mass is 440 g/mol. The van der Waals surface area contributed by atoms with Gasteiger partial charge in [-0.25, -0.2) is 18.5 Å². The lowest BCUT2D eigenvalue weighted by Gasteiger charge is -1.97. The molecular weight excluding hydrogens is 424 g/mol. The predicted octanol–water partition coefficient (Wildman–Crippen LogP) is 3.66. The zero-order valence-electron chi connectivity index (χ0n) is 15.7. The van der Waals surface area contributed by atoms with E-state index in [0.717, 1.165) is 11.3 Å². The first kappa shape index (κ1) is 19.9. The van der Waals surface area contributed by atoms with E-state index < -0.39 is 10.0 Å². The number of hydrogen-bond donors (Lipinski definition) is 2. The van der Waals surface area contributed by atoms with Crippen LogP contribution in [-0.2, 0) is 10.0 Å². The van der Waals surface area contributed by atoms with Gasteiger partial charge in [0, 0.05) is 10.9 Å². The SMILES string of the molecule is Cc1[nH]n(-c2nc(-c3ccccc3)cs2)c(=O)c1N=Nc1ccc(S(N)(=O)=O)cc1. The summed E-state index contributed by atoms with van der Waals surface area (Å²) in [4.78, 5) is 17.3. The van der Waals surface area contributed by atoms with Gasteiger partial charge in [0.2, 0.25) is 15.2 Å². The van der Waals surface area contributed by atoms with Gasteiger partial charge in [-0.1, -0.05) is 30.3 Å². The van der Waals surface area contributed by atoms with Gasteiger partial charge in [0.1, 0.15) is 0 Å². The van der Waals surface area contributed by atoms with Crippen LogP contribution in [-0.4, -0.2) is 23.2 Å². The minimum Gasteiger partial charge on any atom is -0.291 e. The van der Waals surface area contributed by atoms with Crippen molar-refractivity contribution in [3.8, 4) is 16.4 Å². The summed E-state index contributed by atoms with van der Waals surface area (Å²) in [6, 6.07) is 15.2. The van der Waals surface area contributed by atoms with Gasteiger partial charge in [0.15, 0.2) is 5.69 Å². The largest absolute Gasteiger partial charge is 0.301 e. The quantitative estimate of drug-likeness (QED) is 0.458. The number of aryl methyl sites for hydroxylation is 1. The maximum atomic E-state index is 12.8. The molecule has 152 valence electrons. The third-order valence-corrected chi connectivity index (χ3v) is 5.98. The van der Waals surface area contributed by atoms with Gasteiger partial charge >= 0.3 is 5.56 Å². The highest BCUT2D eigenvalue weighted by molar-refractivity contribution is 7.89. The first-order valence-corrected chi connectivity index (χ1v) is 11.1. The van der Waals surface area contributed by atoms with E-state index in [0.29, 0.717) is 16.5 Å². The molecule has 0 unspecified atom stereocenters. The molecule has 2 aromatic carbocycles. The second kappa shape index (κ2) is 7.78. The molecule has 0 aliphatic carbocycles. The summed E-state index contributed by atoms with van der Waals surface area (Å²) in [6.07, 6.45) is 0. The summed E-state index contributed by atoms with van der Waals surface area (Å²) >= 11 is 1.33. The number of nitrogens with zero attached hydrogens (tertiary/aromatic N) is 4. The Morgan fingerprint density at radius 1 is 1.07 bits per heavy atom. The number of sulfonamides is 1. The molecule has 4 aromatic rings. The highest BCUT2D eigenvalue weighted by Crippen LogP contribution is 2.25. The average Bonchev–Trinajstić information content (AvgIpc) is 3.32. The van der Waals surface area contributed by atoms with E-state index in [4.69, 9.17) is 5.14 Å². The van der Waals surface area contributed by atoms with Crippen LogP contribution in [0.5, 0.6) is 0 Å². The lowest BCUT2D eigenvalue weighted by Crippen LogP contribution is -2.13. The lowest BCUT2D eigenvalue weighted by molar-refractivity contribution is 0.598. The number of H-pyrrole nitrogens is 1. The smallest absolute Gasteiger partial charge is 0.291 e. The Balaban J connectivity index is 1.62. The predicted molar refractivity (Wildman–Crippen MR) is 114 cm³/mol. The van der Waals surface area contributed by atoms with Gasteiger partial charge in [-0.2, -0.15) is 9.80 Å². The number of thiazole rings is 1. The van der Waals surface area contributed by atoms with Crippen molar-refractivity contribution < 1.29 is 8.42 Å². The summed E-state index contributed by atoms with van der Waals surface area (Å²) in [6.45, 7) is 1.71. The van der Waals surface area contributed by atoms with Crippen molar-refractivity contribution in [1.82, 2.24) is 14.8 Å². The average molecular weight is 441 g/mol. The summed E-state index contributed by atoms with van der Waals surface area (Å²) in [5, 5.41) is 18.5. The number of nitrogens with two attached hydrogens (primary N) is 1. The fourth-order valence-corrected chi connectivity index (χ4v) is 4.02. The third-order valence-electron chi connectivity index (χ3n) is 4.22. The Morgan fingerprint density at radius 3 is 2.43 bits per heavy atom. The fraction of sp³-hybridized carbons (Fsp3) is 0.0526. The molecule has 0 saturated heterocycles. The molecule has 0 aliphatic rings. The molecule has 0 saturated carbocycles. The standard InChI is InChI=1S/C19H16N6O3S2/c1-12-17(23-22-14-7-9-15(10-8-14)30(20,27)28)18(26)25(24-12)19-21-16(11-29-19)13-5-3-2-4-6-13/h2-11,24H,1H3,(H2,20,27,28). The van der Waals surface area contributed by atoms with E-state index in [9.17, 15) is 13.2 Å². The molecule has 0 atom stereocenters. The molecule has 0 amide bonds. The van der Waals surface area contributed by atoms with Crippen molar-refractivity contribution in [2.75, 3.05) is 0 Å². The van der Waals surface area contributed by atoms with Gasteiger partial charge in [-0.05, 0) is 31.2 Å². The van der Waals surface area contributed by atoms with Crippen LogP contribution in [0.2, 0.25) is 0 Å². The van der Waals surface area contributed by atoms with Crippen LogP contribution in [0.15, 0.2) is 79.9 Å². The van der Waals surface area contributed by atoms with E-state index in [1.165, 1.54) is 40.3 Å². The van der Waals surface area contributed by atoms with E-state index in [1.54, 1.807) is 6.92 Å². The van der Waals surface area contributed by atoms with Crippen molar-refractivity contribution in [2.24, 2.45) is 15.4 Å². The van der Waals surface area contributed by atoms with Gasteiger partial charge in [-0.15, -0.1) is 16.5 Å². The molecule has 11 heteroatoms. The Hall–Kier alpha value is -3.41. The molecule has 2 heterocycles. The van der Waals surface area contributed by atoms with Crippen LogP contribution in [0.4, 0.5) is 11.4 Å². The number of hydrogen-bond acceptors (Lipinski definition) is 7. The van der Waals surface area contributed by atoms with E-state index >= 15 is 0 Å². The Kier molecular flexibility index (Phi) is 5.16. The molecule has 9 nitrogen and oxygen atoms in total. The molecule has 0 radical (unpaired) electrons. The number of rotatable bonds is 5. The van der Waals surface area contributed by atoms with E-state index in [1.807, 2.05) is 35.7 Å². The highest BCUT2D eigenvalue weighted by Gasteiger charge is 2.15. The van der Waals surface area contributed by atoms with E-state index in [-0.39, 0.29) is 16.1 Å². The summed E-state index contributed by atoms with van der Waals surface area (Å²) in [7, 11) is -3.78. The van der Waals surface area contributed by atoms with Gasteiger partial charge in [-0.3, -0.25) is 9.89 Å². The van der Waals surface area contributed by atoms with Crippen LogP contribution in [0.1, 0.15) is 5.69 Å². The van der Waals surface area contributed by atoms with Crippen LogP contribution < -0.4 is 10.7 Å². The second-order valence-electron chi connectivity index (χ2n) is 6.35. The lowest BCUT2D eigenvalue weighted by atomic mass is 10.2. The first-order valence-electron chi connectivity index (χ1n) is 8.70. The van der Waals surface area contributed by atoms with Gasteiger partial charge in [0.25, 0.3) is 0 Å². The number of aromatic amines is 1. The number of aromatic nitrogens is 3. The number of primary sulfonamides is 1. The number of nitrogens with one attached hydrogen (secondary N) is 1. The molecule has 0 spiro atoms. The Labute approximate surface area is 175 Å².